The van der Waals surface area contributed by atoms with Gasteiger partial charge in [0.15, 0.2) is 12.1 Å². The predicted molar refractivity (Wildman–Crippen MR) is 93.6 cm³/mol. The molecular weight excluding hydrogens is 337 g/mol. The minimum absolute atomic E-state index is 0.0617. The molecule has 0 aliphatic carbocycles. The van der Waals surface area contributed by atoms with Crippen LogP contribution in [-0.4, -0.2) is 26.2 Å². The number of carbonyl (C=O) groups is 1. The summed E-state index contributed by atoms with van der Waals surface area (Å²) in [6.45, 7) is -6.26. The average molecular weight is 361 g/mol. The summed E-state index contributed by atoms with van der Waals surface area (Å²) >= 11 is 0. The Hall–Kier alpha value is -3.22. The molecule has 26 heavy (non-hydrogen) atoms. The maximum absolute atomic E-state index is 14.7. The smallest absolute Gasteiger partial charge is 0.170 e. The molecule has 0 saturated carbocycles. The van der Waals surface area contributed by atoms with Crippen molar-refractivity contribution in [2.45, 2.75) is 26.4 Å². The molecule has 2 aromatic heterocycles. The molecule has 134 valence electrons. The lowest BCUT2D eigenvalue weighted by Gasteiger charge is -2.15. The van der Waals surface area contributed by atoms with E-state index in [0.717, 1.165) is 6.20 Å². The van der Waals surface area contributed by atoms with Crippen LogP contribution >= 0.6 is 0 Å². The van der Waals surface area contributed by atoms with E-state index in [1.807, 2.05) is 0 Å². The number of ether oxygens (including phenoxy) is 1. The number of carbonyl (C=O) groups excluding carboxylic acids is 1. The Morgan fingerprint density at radius 3 is 3.00 bits per heavy atom. The minimum Gasteiger partial charge on any atom is -0.507 e. The number of halogens is 1. The molecule has 0 spiro atoms. The van der Waals surface area contributed by atoms with E-state index in [1.54, 1.807) is 0 Å². The predicted octanol–water partition coefficient (Wildman–Crippen LogP) is 3.76. The first-order valence-corrected chi connectivity index (χ1v) is 7.52. The average Bonchev–Trinajstić information content (AvgIpc) is 3.04. The van der Waals surface area contributed by atoms with E-state index >= 15 is 0 Å². The molecule has 1 N–H and O–H groups in total. The standard InChI is InChI=1S/C19H18FN3O3/c1-12(2)23-19(15(20)9-22-23)18-13(5-4-8-21-18)11-26-17-7-3-6-16(25)14(17)10-24/h3-10,12,25H,11H2,1-2H3/i1D3,2D3. The molecule has 1 aromatic carbocycles. The van der Waals surface area contributed by atoms with Crippen LogP contribution in [0.2, 0.25) is 0 Å². The van der Waals surface area contributed by atoms with Gasteiger partial charge in [-0.05, 0) is 31.9 Å². The third-order valence-corrected chi connectivity index (χ3v) is 3.66. The highest BCUT2D eigenvalue weighted by Crippen LogP contribution is 2.29. The zero-order valence-electron chi connectivity index (χ0n) is 19.4. The first-order valence-electron chi connectivity index (χ1n) is 10.5. The van der Waals surface area contributed by atoms with Gasteiger partial charge in [0.05, 0.1) is 17.5 Å². The molecule has 0 aliphatic rings. The summed E-state index contributed by atoms with van der Waals surface area (Å²) < 4.78 is 66.8. The van der Waals surface area contributed by atoms with Crippen LogP contribution < -0.4 is 4.74 Å². The van der Waals surface area contributed by atoms with Crippen molar-refractivity contribution in [3.63, 3.8) is 0 Å². The van der Waals surface area contributed by atoms with Gasteiger partial charge in [-0.3, -0.25) is 14.5 Å². The summed E-state index contributed by atoms with van der Waals surface area (Å²) in [6, 6.07) is 5.15. The van der Waals surface area contributed by atoms with Gasteiger partial charge in [-0.2, -0.15) is 5.10 Å². The van der Waals surface area contributed by atoms with Crippen molar-refractivity contribution in [2.75, 3.05) is 0 Å². The highest BCUT2D eigenvalue weighted by molar-refractivity contribution is 5.83. The van der Waals surface area contributed by atoms with Crippen LogP contribution in [0.25, 0.3) is 11.4 Å². The molecule has 0 unspecified atom stereocenters. The van der Waals surface area contributed by atoms with E-state index in [-0.39, 0.29) is 34.9 Å². The number of nitrogens with zero attached hydrogens (tertiary/aromatic N) is 3. The van der Waals surface area contributed by atoms with Gasteiger partial charge in [-0.1, -0.05) is 12.1 Å². The van der Waals surface area contributed by atoms with Gasteiger partial charge in [-0.25, -0.2) is 4.39 Å². The van der Waals surface area contributed by atoms with Crippen LogP contribution in [0.1, 0.15) is 43.9 Å². The first-order chi connectivity index (χ1) is 14.9. The SMILES string of the molecule is [2H]C([2H])([2H])C(n1ncc(F)c1-c1ncccc1COc1cccc(O)c1C=O)C([2H])([2H])[2H]. The fraction of sp³-hybridized carbons (Fsp3) is 0.211. The Kier molecular flexibility index (Phi) is 3.22. The number of hydrogen-bond acceptors (Lipinski definition) is 5. The highest BCUT2D eigenvalue weighted by Gasteiger charge is 2.20. The molecule has 3 aromatic rings. The number of pyridine rings is 1. The van der Waals surface area contributed by atoms with Crippen LogP contribution in [0.3, 0.4) is 0 Å². The molecular formula is C19H18FN3O3. The summed E-state index contributed by atoms with van der Waals surface area (Å²) in [4.78, 5) is 15.3. The van der Waals surface area contributed by atoms with Crippen LogP contribution in [0, 0.1) is 5.82 Å². The number of rotatable bonds is 6. The number of aldehydes is 1. The van der Waals surface area contributed by atoms with Gasteiger partial charge in [0, 0.05) is 26.0 Å². The third kappa shape index (κ3) is 3.28. The Balaban J connectivity index is 2.06. The van der Waals surface area contributed by atoms with E-state index in [1.165, 1.54) is 36.5 Å². The summed E-state index contributed by atoms with van der Waals surface area (Å²) in [5.74, 6) is -1.19. The van der Waals surface area contributed by atoms with Gasteiger partial charge < -0.3 is 9.84 Å². The number of aromatic hydroxyl groups is 1. The van der Waals surface area contributed by atoms with Crippen LogP contribution in [0.15, 0.2) is 42.7 Å². The monoisotopic (exact) mass is 361 g/mol. The number of hydrogen-bond donors (Lipinski definition) is 1. The van der Waals surface area contributed by atoms with Crippen LogP contribution in [0.5, 0.6) is 11.5 Å². The second-order valence-corrected chi connectivity index (χ2v) is 5.29. The van der Waals surface area contributed by atoms with E-state index < -0.39 is 31.3 Å². The number of benzene rings is 1. The molecule has 0 bridgehead atoms. The van der Waals surface area contributed by atoms with E-state index in [9.17, 15) is 14.3 Å². The number of aromatic nitrogens is 3. The maximum atomic E-state index is 14.7. The second-order valence-electron chi connectivity index (χ2n) is 5.29. The topological polar surface area (TPSA) is 77.2 Å². The zero-order valence-corrected chi connectivity index (χ0v) is 13.4. The van der Waals surface area contributed by atoms with Crippen molar-refractivity contribution >= 4 is 6.29 Å². The zero-order chi connectivity index (χ0) is 23.7. The molecule has 2 heterocycles. The molecule has 3 rings (SSSR count). The Bertz CT molecular complexity index is 1120. The summed E-state index contributed by atoms with van der Waals surface area (Å²) in [6.07, 6.45) is 2.46. The Morgan fingerprint density at radius 2 is 2.23 bits per heavy atom. The summed E-state index contributed by atoms with van der Waals surface area (Å²) in [5, 5.41) is 13.5. The van der Waals surface area contributed by atoms with Crippen molar-refractivity contribution < 1.29 is 27.3 Å². The van der Waals surface area contributed by atoms with Crippen molar-refractivity contribution in [3.05, 3.63) is 59.7 Å². The van der Waals surface area contributed by atoms with Crippen molar-refractivity contribution in [3.8, 4) is 22.9 Å². The molecule has 7 heteroatoms. The van der Waals surface area contributed by atoms with Crippen molar-refractivity contribution in [2.24, 2.45) is 0 Å². The van der Waals surface area contributed by atoms with Crippen molar-refractivity contribution in [1.82, 2.24) is 14.8 Å². The highest BCUT2D eigenvalue weighted by atomic mass is 19.1. The Morgan fingerprint density at radius 1 is 1.38 bits per heavy atom. The largest absolute Gasteiger partial charge is 0.507 e. The fourth-order valence-electron chi connectivity index (χ4n) is 2.46. The quantitative estimate of drug-likeness (QED) is 0.677. The lowest BCUT2D eigenvalue weighted by molar-refractivity contribution is 0.111. The molecule has 0 atom stereocenters. The van der Waals surface area contributed by atoms with Gasteiger partial charge in [-0.15, -0.1) is 0 Å². The fourth-order valence-corrected chi connectivity index (χ4v) is 2.46. The molecule has 0 amide bonds. The van der Waals surface area contributed by atoms with Gasteiger partial charge >= 0.3 is 0 Å². The molecule has 0 saturated heterocycles. The first kappa shape index (κ1) is 11.4. The third-order valence-electron chi connectivity index (χ3n) is 3.66. The van der Waals surface area contributed by atoms with Gasteiger partial charge in [0.25, 0.3) is 0 Å². The number of phenols is 1. The molecule has 6 nitrogen and oxygen atoms in total. The second kappa shape index (κ2) is 7.35. The normalized spacial score (nSPS) is 15.3. The van der Waals surface area contributed by atoms with Crippen LogP contribution in [0.4, 0.5) is 4.39 Å². The van der Waals surface area contributed by atoms with Gasteiger partial charge in [0.2, 0.25) is 0 Å². The lowest BCUT2D eigenvalue weighted by atomic mass is 10.1. The minimum atomic E-state index is -3.01. The number of phenolic OH excluding ortho intramolecular Hbond substituents is 1. The molecule has 0 fully saturated rings. The maximum Gasteiger partial charge on any atom is 0.170 e. The lowest BCUT2D eigenvalue weighted by Crippen LogP contribution is -2.08. The van der Waals surface area contributed by atoms with Crippen LogP contribution in [-0.2, 0) is 6.61 Å². The summed E-state index contributed by atoms with van der Waals surface area (Å²) in [7, 11) is 0. The Labute approximate surface area is 158 Å². The molecule has 0 aliphatic heterocycles. The van der Waals surface area contributed by atoms with E-state index in [0.29, 0.717) is 11.0 Å². The van der Waals surface area contributed by atoms with Gasteiger partial charge in [0.1, 0.15) is 23.8 Å². The van der Waals surface area contributed by atoms with E-state index in [4.69, 9.17) is 13.0 Å². The summed E-state index contributed by atoms with van der Waals surface area (Å²) in [5.41, 5.74) is -0.316. The van der Waals surface area contributed by atoms with E-state index in [2.05, 4.69) is 10.1 Å². The molecule has 0 radical (unpaired) electrons. The van der Waals surface area contributed by atoms with Crippen molar-refractivity contribution in [1.29, 1.82) is 0 Å².